The Morgan fingerprint density at radius 3 is 2.73 bits per heavy atom. The zero-order valence-electron chi connectivity index (χ0n) is 13.5. The zero-order chi connectivity index (χ0) is 18.7. The van der Waals surface area contributed by atoms with Crippen LogP contribution in [0.5, 0.6) is 0 Å². The molecular weight excluding hydrogens is 398 g/mol. The Hall–Kier alpha value is -2.23. The number of carbonyl (C=O) groups excluding carboxylic acids is 1. The van der Waals surface area contributed by atoms with Crippen molar-refractivity contribution in [3.8, 4) is 0 Å². The van der Waals surface area contributed by atoms with Gasteiger partial charge in [0.1, 0.15) is 9.98 Å². The fourth-order valence-corrected chi connectivity index (χ4v) is 4.31. The quantitative estimate of drug-likeness (QED) is 0.145. The average Bonchev–Trinajstić information content (AvgIpc) is 3.05. The van der Waals surface area contributed by atoms with Gasteiger partial charge in [0.25, 0.3) is 5.69 Å². The first kappa shape index (κ1) is 18.6. The van der Waals surface area contributed by atoms with Crippen LogP contribution in [0.2, 0.25) is 5.15 Å². The molecule has 0 N–H and O–H groups in total. The Morgan fingerprint density at radius 2 is 2.08 bits per heavy atom. The van der Waals surface area contributed by atoms with Crippen molar-refractivity contribution < 1.29 is 14.5 Å². The third-order valence-corrected chi connectivity index (χ3v) is 5.44. The summed E-state index contributed by atoms with van der Waals surface area (Å²) in [5, 5.41) is 13.5. The summed E-state index contributed by atoms with van der Waals surface area (Å²) in [5.41, 5.74) is 1.31. The fraction of sp³-hybridized carbons (Fsp3) is 0.188. The number of thioether (sulfide) groups is 1. The van der Waals surface area contributed by atoms with Gasteiger partial charge >= 0.3 is 5.97 Å². The van der Waals surface area contributed by atoms with Crippen molar-refractivity contribution in [2.75, 3.05) is 6.61 Å². The van der Waals surface area contributed by atoms with Crippen LogP contribution in [0.15, 0.2) is 34.8 Å². The molecule has 1 aromatic carbocycles. The van der Waals surface area contributed by atoms with E-state index in [1.165, 1.54) is 35.2 Å². The molecule has 0 unspecified atom stereocenters. The molecule has 2 heterocycles. The molecule has 3 aromatic rings. The highest BCUT2D eigenvalue weighted by Gasteiger charge is 2.19. The number of nitrogens with zero attached hydrogens (tertiary/aromatic N) is 3. The minimum atomic E-state index is -0.449. The van der Waals surface area contributed by atoms with Crippen molar-refractivity contribution in [3.63, 3.8) is 0 Å². The molecule has 0 aliphatic rings. The van der Waals surface area contributed by atoms with Gasteiger partial charge in [-0.15, -0.1) is 11.3 Å². The highest BCUT2D eigenvalue weighted by atomic mass is 35.5. The summed E-state index contributed by atoms with van der Waals surface area (Å²) in [6, 6.07) is 6.29. The molecule has 0 aliphatic heterocycles. The molecule has 134 valence electrons. The number of ether oxygens (including phenoxy) is 1. The maximum Gasteiger partial charge on any atom is 0.339 e. The summed E-state index contributed by atoms with van der Waals surface area (Å²) in [6.07, 6.45) is 0. The van der Waals surface area contributed by atoms with E-state index in [1.807, 2.05) is 0 Å². The molecule has 0 radical (unpaired) electrons. The van der Waals surface area contributed by atoms with Crippen molar-refractivity contribution in [2.45, 2.75) is 17.8 Å². The van der Waals surface area contributed by atoms with E-state index in [0.717, 1.165) is 5.56 Å². The Morgan fingerprint density at radius 1 is 1.35 bits per heavy atom. The van der Waals surface area contributed by atoms with Gasteiger partial charge in [-0.3, -0.25) is 10.1 Å². The minimum Gasteiger partial charge on any atom is -0.462 e. The van der Waals surface area contributed by atoms with E-state index in [1.54, 1.807) is 24.4 Å². The molecule has 26 heavy (non-hydrogen) atoms. The van der Waals surface area contributed by atoms with Crippen LogP contribution >= 0.6 is 34.7 Å². The van der Waals surface area contributed by atoms with E-state index in [9.17, 15) is 14.9 Å². The average molecular weight is 410 g/mol. The van der Waals surface area contributed by atoms with E-state index in [4.69, 9.17) is 16.3 Å². The molecular formula is C16H12ClN3O4S2. The van der Waals surface area contributed by atoms with E-state index >= 15 is 0 Å². The Kier molecular flexibility index (Phi) is 5.70. The van der Waals surface area contributed by atoms with Crippen LogP contribution in [0.25, 0.3) is 10.2 Å². The Labute approximate surface area is 161 Å². The molecule has 0 spiro atoms. The van der Waals surface area contributed by atoms with Crippen LogP contribution in [0, 0.1) is 10.1 Å². The monoisotopic (exact) mass is 409 g/mol. The van der Waals surface area contributed by atoms with Crippen molar-refractivity contribution in [1.82, 2.24) is 9.97 Å². The number of thiophene rings is 1. The van der Waals surface area contributed by atoms with E-state index < -0.39 is 10.9 Å². The topological polar surface area (TPSA) is 95.2 Å². The molecule has 0 saturated heterocycles. The Balaban J connectivity index is 1.79. The standard InChI is InChI=1S/C16H12ClN3O4S2/c1-2-24-15(21)11-8-25-14-12(11)13(17)18-16(19-14)26-7-9-3-5-10(6-4-9)20(22)23/h3-6,8H,2,7H2,1H3. The van der Waals surface area contributed by atoms with Crippen LogP contribution < -0.4 is 0 Å². The van der Waals surface area contributed by atoms with Crippen LogP contribution in [0.4, 0.5) is 5.69 Å². The number of nitro benzene ring substituents is 1. The summed E-state index contributed by atoms with van der Waals surface area (Å²) in [4.78, 5) is 31.5. The maximum absolute atomic E-state index is 12.0. The third-order valence-electron chi connectivity index (χ3n) is 3.38. The summed E-state index contributed by atoms with van der Waals surface area (Å²) in [6.45, 7) is 2.01. The van der Waals surface area contributed by atoms with Gasteiger partial charge in [-0.05, 0) is 12.5 Å². The lowest BCUT2D eigenvalue weighted by molar-refractivity contribution is -0.384. The van der Waals surface area contributed by atoms with E-state index in [-0.39, 0.29) is 17.4 Å². The number of nitro groups is 1. The highest BCUT2D eigenvalue weighted by molar-refractivity contribution is 7.98. The predicted octanol–water partition coefficient (Wildman–Crippen LogP) is 4.72. The van der Waals surface area contributed by atoms with Crippen LogP contribution in [-0.4, -0.2) is 27.5 Å². The summed E-state index contributed by atoms with van der Waals surface area (Å²) < 4.78 is 5.01. The molecule has 0 saturated carbocycles. The number of hydrogen-bond acceptors (Lipinski definition) is 8. The number of esters is 1. The van der Waals surface area contributed by atoms with Crippen LogP contribution in [0.3, 0.4) is 0 Å². The fourth-order valence-electron chi connectivity index (χ4n) is 2.17. The second kappa shape index (κ2) is 7.98. The number of non-ortho nitro benzene ring substituents is 1. The summed E-state index contributed by atoms with van der Waals surface area (Å²) >= 11 is 8.91. The maximum atomic E-state index is 12.0. The molecule has 7 nitrogen and oxygen atoms in total. The summed E-state index contributed by atoms with van der Waals surface area (Å²) in [7, 11) is 0. The first-order valence-corrected chi connectivity index (χ1v) is 9.72. The van der Waals surface area contributed by atoms with Gasteiger partial charge in [-0.1, -0.05) is 35.5 Å². The lowest BCUT2D eigenvalue weighted by atomic mass is 10.2. The molecule has 0 atom stereocenters. The van der Waals surface area contributed by atoms with Crippen molar-refractivity contribution in [1.29, 1.82) is 0 Å². The van der Waals surface area contributed by atoms with Gasteiger partial charge in [-0.25, -0.2) is 14.8 Å². The lowest BCUT2D eigenvalue weighted by Gasteiger charge is -2.04. The van der Waals surface area contributed by atoms with Crippen molar-refractivity contribution >= 4 is 56.6 Å². The second-order valence-electron chi connectivity index (χ2n) is 5.06. The number of fused-ring (bicyclic) bond motifs is 1. The van der Waals surface area contributed by atoms with Gasteiger partial charge in [0, 0.05) is 23.3 Å². The van der Waals surface area contributed by atoms with Gasteiger partial charge in [0.05, 0.1) is 22.5 Å². The van der Waals surface area contributed by atoms with Gasteiger partial charge in [-0.2, -0.15) is 0 Å². The normalized spacial score (nSPS) is 10.8. The molecule has 3 rings (SSSR count). The predicted molar refractivity (Wildman–Crippen MR) is 101 cm³/mol. The molecule has 0 aliphatic carbocycles. The number of halogens is 1. The molecule has 2 aromatic heterocycles. The first-order valence-electron chi connectivity index (χ1n) is 7.47. The highest BCUT2D eigenvalue weighted by Crippen LogP contribution is 2.33. The van der Waals surface area contributed by atoms with Crippen molar-refractivity contribution in [3.05, 3.63) is 56.0 Å². The van der Waals surface area contributed by atoms with Gasteiger partial charge < -0.3 is 4.74 Å². The zero-order valence-corrected chi connectivity index (χ0v) is 15.9. The summed E-state index contributed by atoms with van der Waals surface area (Å²) in [5.74, 6) is 0.0891. The van der Waals surface area contributed by atoms with Crippen molar-refractivity contribution in [2.24, 2.45) is 0 Å². The smallest absolute Gasteiger partial charge is 0.339 e. The van der Waals surface area contributed by atoms with E-state index in [2.05, 4.69) is 9.97 Å². The lowest BCUT2D eigenvalue weighted by Crippen LogP contribution is -2.04. The minimum absolute atomic E-state index is 0.0459. The largest absolute Gasteiger partial charge is 0.462 e. The molecule has 10 heteroatoms. The second-order valence-corrected chi connectivity index (χ2v) is 7.22. The number of rotatable bonds is 6. The number of carbonyl (C=O) groups is 1. The van der Waals surface area contributed by atoms with Gasteiger partial charge in [0.15, 0.2) is 5.16 Å². The molecule has 0 bridgehead atoms. The van der Waals surface area contributed by atoms with Crippen LogP contribution in [0.1, 0.15) is 22.8 Å². The number of benzene rings is 1. The molecule has 0 amide bonds. The first-order chi connectivity index (χ1) is 12.5. The van der Waals surface area contributed by atoms with E-state index in [0.29, 0.717) is 26.7 Å². The molecule has 0 fully saturated rings. The number of hydrogen-bond donors (Lipinski definition) is 0. The number of aromatic nitrogens is 2. The van der Waals surface area contributed by atoms with Crippen LogP contribution in [-0.2, 0) is 10.5 Å². The third kappa shape index (κ3) is 3.95. The Bertz CT molecular complexity index is 976. The van der Waals surface area contributed by atoms with Gasteiger partial charge in [0.2, 0.25) is 0 Å². The SMILES string of the molecule is CCOC(=O)c1csc2nc(SCc3ccc([N+](=O)[O-])cc3)nc(Cl)c12.